The van der Waals surface area contributed by atoms with Crippen molar-refractivity contribution < 1.29 is 24.2 Å². The Labute approximate surface area is 200 Å². The van der Waals surface area contributed by atoms with Crippen molar-refractivity contribution in [1.82, 2.24) is 10.6 Å². The van der Waals surface area contributed by atoms with Crippen LogP contribution >= 0.6 is 0 Å². The van der Waals surface area contributed by atoms with Gasteiger partial charge in [0.15, 0.2) is 0 Å². The first-order valence-corrected chi connectivity index (χ1v) is 11.8. The fourth-order valence-corrected chi connectivity index (χ4v) is 4.79. The summed E-state index contributed by atoms with van der Waals surface area (Å²) in [5, 5.41) is 14.8. The number of nitrogens with one attached hydrogen (secondary N) is 2. The standard InChI is InChI=1S/C27H34N2O5/c1-15(2)23(25(30)29-24(16(3)4)26(31)32)17(5)28-27(33)34-14-22-20-12-8-6-10-18(20)19-11-7-9-13-21(19)22/h6-13,15-17,22-24H,14H2,1-5H3,(H,28,33)(H,29,30)(H,31,32)/t17?,23?,24-/m0/s1. The van der Waals surface area contributed by atoms with Crippen molar-refractivity contribution in [2.75, 3.05) is 6.61 Å². The Morgan fingerprint density at radius 1 is 0.853 bits per heavy atom. The molecule has 3 atom stereocenters. The Bertz CT molecular complexity index is 1000. The van der Waals surface area contributed by atoms with Gasteiger partial charge >= 0.3 is 12.1 Å². The molecule has 0 aromatic heterocycles. The molecule has 0 aliphatic heterocycles. The zero-order chi connectivity index (χ0) is 25.0. The van der Waals surface area contributed by atoms with Gasteiger partial charge in [0.25, 0.3) is 0 Å². The van der Waals surface area contributed by atoms with E-state index < -0.39 is 36.0 Å². The molecule has 2 unspecified atom stereocenters. The third-order valence-corrected chi connectivity index (χ3v) is 6.48. The molecule has 34 heavy (non-hydrogen) atoms. The molecular weight excluding hydrogens is 432 g/mol. The lowest BCUT2D eigenvalue weighted by Crippen LogP contribution is -2.52. The molecule has 7 heteroatoms. The van der Waals surface area contributed by atoms with Crippen molar-refractivity contribution in [2.24, 2.45) is 17.8 Å². The lowest BCUT2D eigenvalue weighted by molar-refractivity contribution is -0.144. The average Bonchev–Trinajstić information content (AvgIpc) is 3.09. The molecule has 0 spiro atoms. The van der Waals surface area contributed by atoms with Crippen LogP contribution in [0.25, 0.3) is 11.1 Å². The van der Waals surface area contributed by atoms with Crippen LogP contribution in [0.15, 0.2) is 48.5 Å². The summed E-state index contributed by atoms with van der Waals surface area (Å²) in [5.41, 5.74) is 4.54. The second kappa shape index (κ2) is 10.7. The summed E-state index contributed by atoms with van der Waals surface area (Å²) >= 11 is 0. The molecule has 1 aliphatic rings. The van der Waals surface area contributed by atoms with Crippen LogP contribution < -0.4 is 10.6 Å². The van der Waals surface area contributed by atoms with Crippen LogP contribution in [-0.4, -0.2) is 41.8 Å². The minimum atomic E-state index is -1.08. The topological polar surface area (TPSA) is 105 Å². The second-order valence-corrected chi connectivity index (χ2v) is 9.60. The number of hydrogen-bond donors (Lipinski definition) is 3. The van der Waals surface area contributed by atoms with Crippen LogP contribution in [0.2, 0.25) is 0 Å². The number of alkyl carbamates (subject to hydrolysis) is 1. The van der Waals surface area contributed by atoms with E-state index in [0.717, 1.165) is 22.3 Å². The third-order valence-electron chi connectivity index (χ3n) is 6.48. The molecule has 0 bridgehead atoms. The molecular formula is C27H34N2O5. The van der Waals surface area contributed by atoms with Gasteiger partial charge in [-0.3, -0.25) is 4.79 Å². The van der Waals surface area contributed by atoms with Crippen molar-refractivity contribution in [3.05, 3.63) is 59.7 Å². The van der Waals surface area contributed by atoms with E-state index in [1.165, 1.54) is 0 Å². The van der Waals surface area contributed by atoms with Gasteiger partial charge in [-0.05, 0) is 41.0 Å². The minimum Gasteiger partial charge on any atom is -0.480 e. The summed E-state index contributed by atoms with van der Waals surface area (Å²) in [7, 11) is 0. The largest absolute Gasteiger partial charge is 0.480 e. The third kappa shape index (κ3) is 5.41. The number of carboxylic acids is 1. The Kier molecular flexibility index (Phi) is 7.97. The van der Waals surface area contributed by atoms with Crippen molar-refractivity contribution >= 4 is 18.0 Å². The normalized spacial score (nSPS) is 15.3. The Morgan fingerprint density at radius 2 is 1.38 bits per heavy atom. The minimum absolute atomic E-state index is 0.0555. The first-order chi connectivity index (χ1) is 16.1. The van der Waals surface area contributed by atoms with E-state index >= 15 is 0 Å². The molecule has 2 amide bonds. The second-order valence-electron chi connectivity index (χ2n) is 9.60. The highest BCUT2D eigenvalue weighted by molar-refractivity contribution is 5.86. The molecule has 0 heterocycles. The number of amides is 2. The van der Waals surface area contributed by atoms with Crippen LogP contribution in [0, 0.1) is 17.8 Å². The summed E-state index contributed by atoms with van der Waals surface area (Å²) in [5.74, 6) is -2.53. The van der Waals surface area contributed by atoms with E-state index in [4.69, 9.17) is 4.74 Å². The fraction of sp³-hybridized carbons (Fsp3) is 0.444. The Hall–Kier alpha value is -3.35. The van der Waals surface area contributed by atoms with E-state index in [1.54, 1.807) is 20.8 Å². The molecule has 0 radical (unpaired) electrons. The maximum absolute atomic E-state index is 12.9. The lowest BCUT2D eigenvalue weighted by Gasteiger charge is -2.29. The number of fused-ring (bicyclic) bond motifs is 3. The number of ether oxygens (including phenoxy) is 1. The van der Waals surface area contributed by atoms with Crippen LogP contribution in [-0.2, 0) is 14.3 Å². The summed E-state index contributed by atoms with van der Waals surface area (Å²) < 4.78 is 5.60. The van der Waals surface area contributed by atoms with Gasteiger partial charge in [0.05, 0.1) is 5.92 Å². The molecule has 1 aliphatic carbocycles. The van der Waals surface area contributed by atoms with Gasteiger partial charge in [-0.1, -0.05) is 76.2 Å². The van der Waals surface area contributed by atoms with Crippen molar-refractivity contribution in [3.8, 4) is 11.1 Å². The van der Waals surface area contributed by atoms with Gasteiger partial charge in [-0.15, -0.1) is 0 Å². The fourth-order valence-electron chi connectivity index (χ4n) is 4.79. The predicted octanol–water partition coefficient (Wildman–Crippen LogP) is 4.41. The van der Waals surface area contributed by atoms with Crippen molar-refractivity contribution in [3.63, 3.8) is 0 Å². The molecule has 3 N–H and O–H groups in total. The first-order valence-electron chi connectivity index (χ1n) is 11.8. The lowest BCUT2D eigenvalue weighted by atomic mass is 9.87. The summed E-state index contributed by atoms with van der Waals surface area (Å²) in [6, 6.07) is 14.7. The van der Waals surface area contributed by atoms with Gasteiger partial charge in [-0.25, -0.2) is 9.59 Å². The van der Waals surface area contributed by atoms with Crippen LogP contribution in [0.1, 0.15) is 51.7 Å². The van der Waals surface area contributed by atoms with E-state index in [-0.39, 0.29) is 24.4 Å². The molecule has 0 saturated carbocycles. The zero-order valence-corrected chi connectivity index (χ0v) is 20.4. The monoisotopic (exact) mass is 466 g/mol. The maximum atomic E-state index is 12.9. The molecule has 0 saturated heterocycles. The molecule has 182 valence electrons. The van der Waals surface area contributed by atoms with E-state index in [9.17, 15) is 19.5 Å². The highest BCUT2D eigenvalue weighted by atomic mass is 16.5. The number of benzene rings is 2. The molecule has 0 fully saturated rings. The van der Waals surface area contributed by atoms with Crippen molar-refractivity contribution in [1.29, 1.82) is 0 Å². The Morgan fingerprint density at radius 3 is 1.85 bits per heavy atom. The number of carbonyl (C=O) groups excluding carboxylic acids is 2. The number of rotatable bonds is 9. The number of aliphatic carboxylic acids is 1. The van der Waals surface area contributed by atoms with Gasteiger partial charge in [0.2, 0.25) is 5.91 Å². The molecule has 2 aromatic rings. The van der Waals surface area contributed by atoms with E-state index in [0.29, 0.717) is 0 Å². The Balaban J connectivity index is 1.65. The first kappa shape index (κ1) is 25.3. The predicted molar refractivity (Wildman–Crippen MR) is 130 cm³/mol. The SMILES string of the molecule is CC(C)C(C(=O)N[C@H](C(=O)O)C(C)C)C(C)NC(=O)OCC1c2ccccc2-c2ccccc21. The maximum Gasteiger partial charge on any atom is 0.407 e. The number of hydrogen-bond acceptors (Lipinski definition) is 4. The van der Waals surface area contributed by atoms with Gasteiger partial charge in [-0.2, -0.15) is 0 Å². The molecule has 2 aromatic carbocycles. The molecule has 7 nitrogen and oxygen atoms in total. The summed E-state index contributed by atoms with van der Waals surface area (Å²) in [6.07, 6.45) is -0.605. The van der Waals surface area contributed by atoms with Gasteiger partial charge < -0.3 is 20.5 Å². The van der Waals surface area contributed by atoms with Crippen LogP contribution in [0.3, 0.4) is 0 Å². The zero-order valence-electron chi connectivity index (χ0n) is 20.4. The van der Waals surface area contributed by atoms with Crippen LogP contribution in [0.5, 0.6) is 0 Å². The smallest absolute Gasteiger partial charge is 0.407 e. The highest BCUT2D eigenvalue weighted by Gasteiger charge is 2.34. The summed E-state index contributed by atoms with van der Waals surface area (Å²) in [6.45, 7) is 9.12. The van der Waals surface area contributed by atoms with Gasteiger partial charge in [0, 0.05) is 12.0 Å². The summed E-state index contributed by atoms with van der Waals surface area (Å²) in [4.78, 5) is 37.1. The molecule has 3 rings (SSSR count). The van der Waals surface area contributed by atoms with Crippen molar-refractivity contribution in [2.45, 2.75) is 52.6 Å². The number of carboxylic acid groups (broad SMARTS) is 1. The van der Waals surface area contributed by atoms with E-state index in [2.05, 4.69) is 34.9 Å². The average molecular weight is 467 g/mol. The quantitative estimate of drug-likeness (QED) is 0.508. The van der Waals surface area contributed by atoms with Gasteiger partial charge in [0.1, 0.15) is 12.6 Å². The highest BCUT2D eigenvalue weighted by Crippen LogP contribution is 2.44. The van der Waals surface area contributed by atoms with E-state index in [1.807, 2.05) is 38.1 Å². The number of carbonyl (C=O) groups is 3. The van der Waals surface area contributed by atoms with Crippen LogP contribution in [0.4, 0.5) is 4.79 Å².